The van der Waals surface area contributed by atoms with Gasteiger partial charge in [-0.15, -0.1) is 10.2 Å². The van der Waals surface area contributed by atoms with Crippen molar-refractivity contribution in [2.75, 3.05) is 11.1 Å². The molecule has 0 bridgehead atoms. The minimum atomic E-state index is -0.0846. The van der Waals surface area contributed by atoms with Crippen LogP contribution in [0.25, 0.3) is 11.4 Å². The molecule has 1 amide bonds. The van der Waals surface area contributed by atoms with Gasteiger partial charge in [-0.05, 0) is 24.6 Å². The largest absolute Gasteiger partial charge is 0.325 e. The number of anilines is 1. The van der Waals surface area contributed by atoms with Crippen LogP contribution in [0, 0.1) is 11.8 Å². The molecule has 2 heterocycles. The van der Waals surface area contributed by atoms with Gasteiger partial charge in [0.2, 0.25) is 5.91 Å². The molecule has 0 saturated carbocycles. The van der Waals surface area contributed by atoms with E-state index in [2.05, 4.69) is 39.3 Å². The highest BCUT2D eigenvalue weighted by molar-refractivity contribution is 7.99. The monoisotopic (exact) mass is 433 g/mol. The van der Waals surface area contributed by atoms with E-state index in [0.717, 1.165) is 29.7 Å². The fourth-order valence-corrected chi connectivity index (χ4v) is 3.69. The second-order valence-electron chi connectivity index (χ2n) is 7.14. The lowest BCUT2D eigenvalue weighted by Crippen LogP contribution is -2.14. The van der Waals surface area contributed by atoms with Gasteiger partial charge in [0, 0.05) is 42.7 Å². The number of carbonyl (C=O) groups is 1. The van der Waals surface area contributed by atoms with Gasteiger partial charge >= 0.3 is 0 Å². The Morgan fingerprint density at radius 3 is 2.77 bits per heavy atom. The lowest BCUT2D eigenvalue weighted by molar-refractivity contribution is -0.113. The molecule has 0 spiro atoms. The quantitative estimate of drug-likeness (QED) is 0.294. The normalized spacial score (nSPS) is 10.4. The molecule has 1 N–H and O–H groups in total. The van der Waals surface area contributed by atoms with Gasteiger partial charge in [0.15, 0.2) is 11.0 Å². The summed E-state index contributed by atoms with van der Waals surface area (Å²) in [4.78, 5) is 16.5. The molecule has 1 aromatic carbocycles. The second-order valence-corrected chi connectivity index (χ2v) is 8.09. The highest BCUT2D eigenvalue weighted by Crippen LogP contribution is 2.23. The number of hydrogen-bond acceptors (Lipinski definition) is 5. The summed E-state index contributed by atoms with van der Waals surface area (Å²) in [6, 6.07) is 11.4. The maximum Gasteiger partial charge on any atom is 0.234 e. The summed E-state index contributed by atoms with van der Waals surface area (Å²) in [5.74, 6) is 7.29. The first-order valence-electron chi connectivity index (χ1n) is 10.5. The third-order valence-corrected chi connectivity index (χ3v) is 5.63. The van der Waals surface area contributed by atoms with Crippen molar-refractivity contribution in [3.05, 3.63) is 54.4 Å². The van der Waals surface area contributed by atoms with Crippen LogP contribution in [-0.4, -0.2) is 31.4 Å². The number of amides is 1. The van der Waals surface area contributed by atoms with E-state index in [-0.39, 0.29) is 11.7 Å². The number of rotatable bonds is 9. The van der Waals surface area contributed by atoms with Gasteiger partial charge in [0.25, 0.3) is 0 Å². The molecule has 3 aromatic rings. The molecule has 0 aliphatic carbocycles. The molecule has 3 rings (SSSR count). The van der Waals surface area contributed by atoms with Crippen LogP contribution in [0.3, 0.4) is 0 Å². The zero-order chi connectivity index (χ0) is 21.9. The molecule has 0 unspecified atom stereocenters. The van der Waals surface area contributed by atoms with Gasteiger partial charge in [-0.1, -0.05) is 68.0 Å². The number of para-hydroxylation sites is 1. The summed E-state index contributed by atoms with van der Waals surface area (Å²) in [7, 11) is 1.89. The molecule has 0 saturated heterocycles. The van der Waals surface area contributed by atoms with Crippen LogP contribution < -0.4 is 5.32 Å². The summed E-state index contributed by atoms with van der Waals surface area (Å²) in [5, 5.41) is 12.1. The fraction of sp³-hybridized carbons (Fsp3) is 0.333. The van der Waals surface area contributed by atoms with Crippen LogP contribution in [0.5, 0.6) is 0 Å². The first-order valence-corrected chi connectivity index (χ1v) is 11.5. The Kier molecular flexibility index (Phi) is 8.68. The molecule has 7 heteroatoms. The smallest absolute Gasteiger partial charge is 0.234 e. The van der Waals surface area contributed by atoms with Crippen LogP contribution in [0.15, 0.2) is 53.9 Å². The average Bonchev–Trinajstić information content (AvgIpc) is 3.16. The van der Waals surface area contributed by atoms with Crippen molar-refractivity contribution in [3.8, 4) is 23.2 Å². The van der Waals surface area contributed by atoms with Crippen LogP contribution in [0.2, 0.25) is 0 Å². The van der Waals surface area contributed by atoms with Crippen LogP contribution in [0.4, 0.5) is 5.69 Å². The number of carbonyl (C=O) groups excluding carboxylic acids is 1. The van der Waals surface area contributed by atoms with E-state index in [1.54, 1.807) is 12.4 Å². The molecular weight excluding hydrogens is 406 g/mol. The first kappa shape index (κ1) is 22.6. The summed E-state index contributed by atoms with van der Waals surface area (Å²) in [5.41, 5.74) is 2.50. The van der Waals surface area contributed by atoms with Gasteiger partial charge in [-0.25, -0.2) is 0 Å². The van der Waals surface area contributed by atoms with E-state index in [1.807, 2.05) is 48.0 Å². The molecule has 0 atom stereocenters. The number of aromatic nitrogens is 4. The maximum absolute atomic E-state index is 12.2. The number of nitrogens with zero attached hydrogens (tertiary/aromatic N) is 4. The molecular formula is C24H27N5OS. The summed E-state index contributed by atoms with van der Waals surface area (Å²) >= 11 is 1.35. The highest BCUT2D eigenvalue weighted by Gasteiger charge is 2.13. The number of unbranched alkanes of at least 4 members (excludes halogenated alkanes) is 4. The molecule has 160 valence electrons. The van der Waals surface area contributed by atoms with Gasteiger partial charge in [-0.3, -0.25) is 9.78 Å². The molecule has 0 aliphatic heterocycles. The Morgan fingerprint density at radius 2 is 1.97 bits per heavy atom. The van der Waals surface area contributed by atoms with Crippen molar-refractivity contribution in [1.82, 2.24) is 19.7 Å². The second kappa shape index (κ2) is 11.9. The Balaban J connectivity index is 1.59. The minimum Gasteiger partial charge on any atom is -0.325 e. The van der Waals surface area contributed by atoms with Crippen LogP contribution in [-0.2, 0) is 11.8 Å². The van der Waals surface area contributed by atoms with E-state index >= 15 is 0 Å². The van der Waals surface area contributed by atoms with E-state index in [9.17, 15) is 4.79 Å². The number of pyridine rings is 1. The molecule has 0 radical (unpaired) electrons. The van der Waals surface area contributed by atoms with Gasteiger partial charge < -0.3 is 9.88 Å². The lowest BCUT2D eigenvalue weighted by atomic mass is 10.1. The number of benzene rings is 1. The van der Waals surface area contributed by atoms with E-state index in [1.165, 1.54) is 31.0 Å². The third-order valence-electron chi connectivity index (χ3n) is 4.61. The predicted octanol–water partition coefficient (Wildman–Crippen LogP) is 4.93. The summed E-state index contributed by atoms with van der Waals surface area (Å²) in [6.45, 7) is 2.21. The van der Waals surface area contributed by atoms with Crippen LogP contribution in [0.1, 0.15) is 44.6 Å². The minimum absolute atomic E-state index is 0.0846. The molecule has 2 aromatic heterocycles. The maximum atomic E-state index is 12.2. The summed E-state index contributed by atoms with van der Waals surface area (Å²) < 4.78 is 1.87. The van der Waals surface area contributed by atoms with E-state index in [0.29, 0.717) is 11.0 Å². The number of thioether (sulfide) groups is 1. The molecule has 31 heavy (non-hydrogen) atoms. The Labute approximate surface area is 187 Å². The third kappa shape index (κ3) is 6.97. The van der Waals surface area contributed by atoms with Crippen molar-refractivity contribution in [3.63, 3.8) is 0 Å². The zero-order valence-corrected chi connectivity index (χ0v) is 18.8. The summed E-state index contributed by atoms with van der Waals surface area (Å²) in [6.07, 6.45) is 9.28. The highest BCUT2D eigenvalue weighted by atomic mass is 32.2. The number of nitrogens with one attached hydrogen (secondary N) is 1. The molecule has 0 aliphatic rings. The van der Waals surface area contributed by atoms with Crippen molar-refractivity contribution < 1.29 is 4.79 Å². The fourth-order valence-electron chi connectivity index (χ4n) is 2.98. The topological polar surface area (TPSA) is 72.7 Å². The lowest BCUT2D eigenvalue weighted by Gasteiger charge is -2.05. The predicted molar refractivity (Wildman–Crippen MR) is 126 cm³/mol. The van der Waals surface area contributed by atoms with E-state index < -0.39 is 0 Å². The number of hydrogen-bond donors (Lipinski definition) is 1. The van der Waals surface area contributed by atoms with Crippen molar-refractivity contribution >= 4 is 23.4 Å². The van der Waals surface area contributed by atoms with Crippen molar-refractivity contribution in [1.29, 1.82) is 0 Å². The Bertz CT molecular complexity index is 1050. The SMILES string of the molecule is CCCCCCC#Cc1cncc(-c2nnc(SCC(=O)Nc3ccccc3)n2C)c1. The van der Waals surface area contributed by atoms with E-state index in [4.69, 9.17) is 0 Å². The average molecular weight is 434 g/mol. The zero-order valence-electron chi connectivity index (χ0n) is 18.0. The van der Waals surface area contributed by atoms with Crippen molar-refractivity contribution in [2.24, 2.45) is 7.05 Å². The van der Waals surface area contributed by atoms with Crippen molar-refractivity contribution in [2.45, 2.75) is 44.2 Å². The molecule has 6 nitrogen and oxygen atoms in total. The van der Waals surface area contributed by atoms with Gasteiger partial charge in [-0.2, -0.15) is 0 Å². The first-order chi connectivity index (χ1) is 15.2. The molecule has 0 fully saturated rings. The van der Waals surface area contributed by atoms with Crippen LogP contribution >= 0.6 is 11.8 Å². The van der Waals surface area contributed by atoms with Gasteiger partial charge in [0.1, 0.15) is 0 Å². The standard InChI is InChI=1S/C24H27N5OS/c1-3-4-5-6-7-9-12-19-15-20(17-25-16-19)23-27-28-24(29(23)2)31-18-22(30)26-21-13-10-8-11-14-21/h8,10-11,13-17H,3-7,18H2,1-2H3,(H,26,30). The Morgan fingerprint density at radius 1 is 1.13 bits per heavy atom. The Hall–Kier alpha value is -3.11. The van der Waals surface area contributed by atoms with Gasteiger partial charge in [0.05, 0.1) is 5.75 Å².